The Balaban J connectivity index is 1.43. The second kappa shape index (κ2) is 9.69. The van der Waals surface area contributed by atoms with Gasteiger partial charge in [0.2, 0.25) is 15.9 Å². The van der Waals surface area contributed by atoms with E-state index in [1.165, 1.54) is 16.4 Å². The number of alkyl halides is 3. The predicted molar refractivity (Wildman–Crippen MR) is 108 cm³/mol. The molecule has 1 N–H and O–H groups in total. The minimum Gasteiger partial charge on any atom is -0.492 e. The summed E-state index contributed by atoms with van der Waals surface area (Å²) in [5.41, 5.74) is -0.800. The number of hydrogen-bond acceptors (Lipinski definition) is 4. The highest BCUT2D eigenvalue weighted by molar-refractivity contribution is 7.89. The average Bonchev–Trinajstić information content (AvgIpc) is 2.77. The van der Waals surface area contributed by atoms with E-state index in [2.05, 4.69) is 5.32 Å². The quantitative estimate of drug-likeness (QED) is 0.649. The molecule has 0 saturated carbocycles. The van der Waals surface area contributed by atoms with Crippen LogP contribution in [-0.4, -0.2) is 44.9 Å². The van der Waals surface area contributed by atoms with Crippen LogP contribution in [0.2, 0.25) is 0 Å². The Morgan fingerprint density at radius 1 is 1.06 bits per heavy atom. The molecule has 168 valence electrons. The molecule has 0 aliphatic carbocycles. The van der Waals surface area contributed by atoms with Crippen LogP contribution >= 0.6 is 0 Å². The summed E-state index contributed by atoms with van der Waals surface area (Å²) >= 11 is 0. The van der Waals surface area contributed by atoms with Gasteiger partial charge >= 0.3 is 6.18 Å². The highest BCUT2D eigenvalue weighted by atomic mass is 32.2. The van der Waals surface area contributed by atoms with E-state index < -0.39 is 21.8 Å². The van der Waals surface area contributed by atoms with E-state index in [4.69, 9.17) is 4.74 Å². The maximum atomic E-state index is 12.7. The number of carbonyl (C=O) groups excluding carboxylic acids is 1. The standard InChI is InChI=1S/C21H23F3N2O4S/c22-21(23,24)17-5-4-6-18(15-17)30-14-11-25-20(27)16-9-12-26(13-10-16)31(28,29)19-7-2-1-3-8-19/h1-8,15-16H,9-14H2,(H,25,27). The van der Waals surface area contributed by atoms with Crippen LogP contribution < -0.4 is 10.1 Å². The molecule has 0 bridgehead atoms. The molecule has 0 aromatic heterocycles. The summed E-state index contributed by atoms with van der Waals surface area (Å²) in [6.45, 7) is 0.651. The molecule has 0 radical (unpaired) electrons. The van der Waals surface area contributed by atoms with Crippen molar-refractivity contribution in [3.63, 3.8) is 0 Å². The van der Waals surface area contributed by atoms with E-state index in [-0.39, 0.29) is 48.7 Å². The average molecular weight is 456 g/mol. The Bertz CT molecular complexity index is 989. The van der Waals surface area contributed by atoms with Gasteiger partial charge in [0.15, 0.2) is 0 Å². The van der Waals surface area contributed by atoms with Crippen LogP contribution in [0.25, 0.3) is 0 Å². The Morgan fingerprint density at radius 3 is 2.39 bits per heavy atom. The van der Waals surface area contributed by atoms with Gasteiger partial charge in [0.1, 0.15) is 12.4 Å². The highest BCUT2D eigenvalue weighted by Crippen LogP contribution is 2.31. The van der Waals surface area contributed by atoms with Gasteiger partial charge in [-0.2, -0.15) is 17.5 Å². The van der Waals surface area contributed by atoms with Gasteiger partial charge in [0.25, 0.3) is 0 Å². The van der Waals surface area contributed by atoms with Gasteiger partial charge in [-0.3, -0.25) is 4.79 Å². The molecule has 0 atom stereocenters. The lowest BCUT2D eigenvalue weighted by Gasteiger charge is -2.30. The summed E-state index contributed by atoms with van der Waals surface area (Å²) in [6.07, 6.45) is -3.66. The largest absolute Gasteiger partial charge is 0.492 e. The van der Waals surface area contributed by atoms with Gasteiger partial charge < -0.3 is 10.1 Å². The summed E-state index contributed by atoms with van der Waals surface area (Å²) in [5, 5.41) is 2.70. The van der Waals surface area contributed by atoms with E-state index in [0.717, 1.165) is 12.1 Å². The number of carbonyl (C=O) groups is 1. The minimum atomic E-state index is -4.45. The van der Waals surface area contributed by atoms with Crippen molar-refractivity contribution in [2.75, 3.05) is 26.2 Å². The molecule has 0 unspecified atom stereocenters. The number of nitrogens with zero attached hydrogens (tertiary/aromatic N) is 1. The third-order valence-corrected chi connectivity index (χ3v) is 6.95. The van der Waals surface area contributed by atoms with E-state index in [9.17, 15) is 26.4 Å². The first-order valence-corrected chi connectivity index (χ1v) is 11.2. The van der Waals surface area contributed by atoms with Crippen LogP contribution in [0.4, 0.5) is 13.2 Å². The molecule has 1 aliphatic heterocycles. The van der Waals surface area contributed by atoms with Crippen LogP contribution in [0, 0.1) is 5.92 Å². The summed E-state index contributed by atoms with van der Waals surface area (Å²) in [6, 6.07) is 12.7. The molecule has 1 heterocycles. The smallest absolute Gasteiger partial charge is 0.416 e. The first-order valence-electron chi connectivity index (χ1n) is 9.81. The molecule has 3 rings (SSSR count). The number of piperidine rings is 1. The SMILES string of the molecule is O=C(NCCOc1cccc(C(F)(F)F)c1)C1CCN(S(=O)(=O)c2ccccc2)CC1. The molecule has 1 saturated heterocycles. The van der Waals surface area contributed by atoms with Crippen molar-refractivity contribution in [3.8, 4) is 5.75 Å². The number of sulfonamides is 1. The second-order valence-electron chi connectivity index (χ2n) is 7.16. The molecular weight excluding hydrogens is 433 g/mol. The lowest BCUT2D eigenvalue weighted by Crippen LogP contribution is -2.43. The van der Waals surface area contributed by atoms with Crippen molar-refractivity contribution in [2.45, 2.75) is 23.9 Å². The molecule has 2 aromatic rings. The third-order valence-electron chi connectivity index (χ3n) is 5.04. The third kappa shape index (κ3) is 5.98. The zero-order valence-electron chi connectivity index (χ0n) is 16.6. The van der Waals surface area contributed by atoms with Crippen molar-refractivity contribution in [2.24, 2.45) is 5.92 Å². The fourth-order valence-corrected chi connectivity index (χ4v) is 4.84. The second-order valence-corrected chi connectivity index (χ2v) is 9.09. The number of halogens is 3. The van der Waals surface area contributed by atoms with Crippen LogP contribution in [0.5, 0.6) is 5.75 Å². The van der Waals surface area contributed by atoms with Crippen LogP contribution in [0.15, 0.2) is 59.5 Å². The summed E-state index contributed by atoms with van der Waals surface area (Å²) in [4.78, 5) is 12.6. The molecular formula is C21H23F3N2O4S. The molecule has 1 aliphatic rings. The van der Waals surface area contributed by atoms with Crippen molar-refractivity contribution in [1.82, 2.24) is 9.62 Å². The number of amides is 1. The molecule has 0 spiro atoms. The van der Waals surface area contributed by atoms with Gasteiger partial charge in [-0.15, -0.1) is 0 Å². The number of nitrogens with one attached hydrogen (secondary N) is 1. The van der Waals surface area contributed by atoms with E-state index in [1.807, 2.05) is 0 Å². The zero-order valence-corrected chi connectivity index (χ0v) is 17.5. The topological polar surface area (TPSA) is 75.7 Å². The van der Waals surface area contributed by atoms with Crippen LogP contribution in [0.3, 0.4) is 0 Å². The van der Waals surface area contributed by atoms with Gasteiger partial charge in [0.05, 0.1) is 17.0 Å². The Hall–Kier alpha value is -2.59. The summed E-state index contributed by atoms with van der Waals surface area (Å²) in [7, 11) is -3.58. The molecule has 2 aromatic carbocycles. The molecule has 1 amide bonds. The first kappa shape index (κ1) is 23.1. The van der Waals surface area contributed by atoms with Gasteiger partial charge in [-0.25, -0.2) is 8.42 Å². The number of ether oxygens (including phenoxy) is 1. The lowest BCUT2D eigenvalue weighted by molar-refractivity contribution is -0.137. The maximum absolute atomic E-state index is 12.7. The fourth-order valence-electron chi connectivity index (χ4n) is 3.35. The van der Waals surface area contributed by atoms with E-state index in [1.54, 1.807) is 30.3 Å². The van der Waals surface area contributed by atoms with Crippen LogP contribution in [-0.2, 0) is 21.0 Å². The number of rotatable bonds is 7. The van der Waals surface area contributed by atoms with Gasteiger partial charge in [0, 0.05) is 19.0 Å². The molecule has 10 heteroatoms. The van der Waals surface area contributed by atoms with E-state index >= 15 is 0 Å². The molecule has 1 fully saturated rings. The zero-order chi connectivity index (χ0) is 22.5. The number of hydrogen-bond donors (Lipinski definition) is 1. The lowest BCUT2D eigenvalue weighted by atomic mass is 9.97. The monoisotopic (exact) mass is 456 g/mol. The summed E-state index contributed by atoms with van der Waals surface area (Å²) < 4.78 is 70.1. The van der Waals surface area contributed by atoms with Gasteiger partial charge in [-0.1, -0.05) is 24.3 Å². The van der Waals surface area contributed by atoms with Crippen molar-refractivity contribution >= 4 is 15.9 Å². The Labute approximate surface area is 179 Å². The maximum Gasteiger partial charge on any atom is 0.416 e. The Morgan fingerprint density at radius 2 is 1.74 bits per heavy atom. The minimum absolute atomic E-state index is 0.0221. The van der Waals surface area contributed by atoms with Crippen LogP contribution in [0.1, 0.15) is 18.4 Å². The summed E-state index contributed by atoms with van der Waals surface area (Å²) in [5.74, 6) is -0.469. The van der Waals surface area contributed by atoms with Crippen molar-refractivity contribution in [1.29, 1.82) is 0 Å². The molecule has 6 nitrogen and oxygen atoms in total. The normalized spacial score (nSPS) is 16.1. The predicted octanol–water partition coefficient (Wildman–Crippen LogP) is 3.30. The van der Waals surface area contributed by atoms with Crippen molar-refractivity contribution in [3.05, 3.63) is 60.2 Å². The molecule has 31 heavy (non-hydrogen) atoms. The van der Waals surface area contributed by atoms with Crippen molar-refractivity contribution < 1.29 is 31.1 Å². The Kier molecular flexibility index (Phi) is 7.22. The van der Waals surface area contributed by atoms with Gasteiger partial charge in [-0.05, 0) is 43.2 Å². The number of benzene rings is 2. The van der Waals surface area contributed by atoms with E-state index in [0.29, 0.717) is 12.8 Å². The highest BCUT2D eigenvalue weighted by Gasteiger charge is 2.32. The first-order chi connectivity index (χ1) is 14.7. The fraction of sp³-hybridized carbons (Fsp3) is 0.381.